The molecule has 134 valence electrons. The number of aromatic nitrogens is 3. The summed E-state index contributed by atoms with van der Waals surface area (Å²) < 4.78 is 14.0. The third-order valence-electron chi connectivity index (χ3n) is 5.53. The minimum Gasteiger partial charge on any atom is -0.372 e. The Morgan fingerprint density at radius 2 is 2.00 bits per heavy atom. The lowest BCUT2D eigenvalue weighted by molar-refractivity contribution is 0.0462. The molecule has 25 heavy (non-hydrogen) atoms. The van der Waals surface area contributed by atoms with Gasteiger partial charge in [-0.3, -0.25) is 9.67 Å². The number of nitrogens with zero attached hydrogens (tertiary/aromatic N) is 4. The SMILES string of the molecule is CN(C[C@@H]1CCO[C@H]1c1ccnn1C)[C@H]1CCO[C@@H]1c1cccnc1. The van der Waals surface area contributed by atoms with E-state index in [1.807, 2.05) is 36.4 Å². The van der Waals surface area contributed by atoms with E-state index in [0.717, 1.165) is 32.6 Å². The predicted molar refractivity (Wildman–Crippen MR) is 94.0 cm³/mol. The number of hydrogen-bond acceptors (Lipinski definition) is 5. The molecule has 2 aliphatic rings. The average molecular weight is 342 g/mol. The van der Waals surface area contributed by atoms with E-state index in [9.17, 15) is 0 Å². The van der Waals surface area contributed by atoms with Crippen molar-refractivity contribution in [2.75, 3.05) is 26.8 Å². The molecule has 0 bridgehead atoms. The van der Waals surface area contributed by atoms with Crippen LogP contribution in [0.3, 0.4) is 0 Å². The molecule has 2 aromatic rings. The fraction of sp³-hybridized carbons (Fsp3) is 0.579. The van der Waals surface area contributed by atoms with Crippen LogP contribution in [0.15, 0.2) is 36.8 Å². The number of rotatable bonds is 5. The van der Waals surface area contributed by atoms with Gasteiger partial charge in [0.1, 0.15) is 6.10 Å². The third-order valence-corrected chi connectivity index (χ3v) is 5.53. The molecular weight excluding hydrogens is 316 g/mol. The summed E-state index contributed by atoms with van der Waals surface area (Å²) in [4.78, 5) is 6.71. The van der Waals surface area contributed by atoms with Crippen LogP contribution >= 0.6 is 0 Å². The van der Waals surface area contributed by atoms with Crippen molar-refractivity contribution in [3.05, 3.63) is 48.0 Å². The van der Waals surface area contributed by atoms with Gasteiger partial charge >= 0.3 is 0 Å². The molecule has 0 unspecified atom stereocenters. The van der Waals surface area contributed by atoms with Gasteiger partial charge in [-0.05, 0) is 32.0 Å². The molecule has 4 heterocycles. The molecule has 2 saturated heterocycles. The fourth-order valence-electron chi connectivity index (χ4n) is 4.21. The van der Waals surface area contributed by atoms with Crippen LogP contribution in [0.1, 0.15) is 36.3 Å². The van der Waals surface area contributed by atoms with Gasteiger partial charge in [-0.1, -0.05) is 6.07 Å². The first kappa shape index (κ1) is 16.7. The first-order valence-electron chi connectivity index (χ1n) is 9.05. The maximum absolute atomic E-state index is 6.04. The smallest absolute Gasteiger partial charge is 0.103 e. The highest BCUT2D eigenvalue weighted by atomic mass is 16.5. The van der Waals surface area contributed by atoms with Gasteiger partial charge in [-0.15, -0.1) is 0 Å². The van der Waals surface area contributed by atoms with Crippen molar-refractivity contribution in [2.45, 2.75) is 31.1 Å². The normalized spacial score (nSPS) is 29.6. The zero-order chi connectivity index (χ0) is 17.2. The molecule has 4 rings (SSSR count). The van der Waals surface area contributed by atoms with E-state index in [4.69, 9.17) is 9.47 Å². The summed E-state index contributed by atoms with van der Waals surface area (Å²) in [7, 11) is 4.20. The predicted octanol–water partition coefficient (Wildman–Crippen LogP) is 2.35. The topological polar surface area (TPSA) is 52.4 Å². The van der Waals surface area contributed by atoms with Crippen molar-refractivity contribution in [1.82, 2.24) is 19.7 Å². The monoisotopic (exact) mass is 342 g/mol. The second-order valence-corrected chi connectivity index (χ2v) is 7.09. The Balaban J connectivity index is 1.46. The number of ether oxygens (including phenoxy) is 2. The van der Waals surface area contributed by atoms with E-state index < -0.39 is 0 Å². The molecule has 2 aromatic heterocycles. The maximum Gasteiger partial charge on any atom is 0.103 e. The van der Waals surface area contributed by atoms with Crippen LogP contribution in [0.5, 0.6) is 0 Å². The van der Waals surface area contributed by atoms with Gasteiger partial charge in [0.15, 0.2) is 0 Å². The largest absolute Gasteiger partial charge is 0.372 e. The van der Waals surface area contributed by atoms with Crippen molar-refractivity contribution in [3.63, 3.8) is 0 Å². The zero-order valence-corrected chi connectivity index (χ0v) is 14.9. The van der Waals surface area contributed by atoms with E-state index in [1.54, 1.807) is 0 Å². The highest BCUT2D eigenvalue weighted by Crippen LogP contribution is 2.37. The Morgan fingerprint density at radius 1 is 1.16 bits per heavy atom. The van der Waals surface area contributed by atoms with E-state index in [0.29, 0.717) is 12.0 Å². The number of pyridine rings is 1. The van der Waals surface area contributed by atoms with E-state index in [-0.39, 0.29) is 12.2 Å². The molecule has 0 amide bonds. The quantitative estimate of drug-likeness (QED) is 0.835. The van der Waals surface area contributed by atoms with Gasteiger partial charge in [-0.25, -0.2) is 0 Å². The summed E-state index contributed by atoms with van der Waals surface area (Å²) in [6.07, 6.45) is 7.97. The fourth-order valence-corrected chi connectivity index (χ4v) is 4.21. The van der Waals surface area contributed by atoms with Crippen LogP contribution in [-0.4, -0.2) is 52.5 Å². The molecular formula is C19H26N4O2. The molecule has 6 nitrogen and oxygen atoms in total. The van der Waals surface area contributed by atoms with Gasteiger partial charge in [-0.2, -0.15) is 5.10 Å². The minimum absolute atomic E-state index is 0.108. The lowest BCUT2D eigenvalue weighted by Crippen LogP contribution is -2.38. The van der Waals surface area contributed by atoms with Gasteiger partial charge in [0, 0.05) is 62.9 Å². The summed E-state index contributed by atoms with van der Waals surface area (Å²) in [5, 5.41) is 4.30. The standard InChI is InChI=1S/C19H26N4O2/c1-22(16-7-11-25-18(16)14-4-3-8-20-12-14)13-15-6-10-24-19(15)17-5-9-21-23(17)2/h3-5,8-9,12,15-16,18-19H,6-7,10-11,13H2,1-2H3/t15-,16-,18+,19+/m0/s1. The maximum atomic E-state index is 6.04. The third kappa shape index (κ3) is 3.34. The van der Waals surface area contributed by atoms with E-state index >= 15 is 0 Å². The number of likely N-dealkylation sites (N-methyl/N-ethyl adjacent to an activating group) is 1. The van der Waals surface area contributed by atoms with Crippen LogP contribution in [0, 0.1) is 5.92 Å². The van der Waals surface area contributed by atoms with Crippen LogP contribution in [0.4, 0.5) is 0 Å². The second-order valence-electron chi connectivity index (χ2n) is 7.09. The molecule has 2 aliphatic heterocycles. The lowest BCUT2D eigenvalue weighted by atomic mass is 9.96. The van der Waals surface area contributed by atoms with Crippen molar-refractivity contribution >= 4 is 0 Å². The molecule has 0 spiro atoms. The molecule has 0 radical (unpaired) electrons. The van der Waals surface area contributed by atoms with Crippen LogP contribution in [0.2, 0.25) is 0 Å². The molecule has 4 atom stereocenters. The number of aryl methyl sites for hydroxylation is 1. The van der Waals surface area contributed by atoms with Gasteiger partial charge in [0.2, 0.25) is 0 Å². The Morgan fingerprint density at radius 3 is 2.76 bits per heavy atom. The summed E-state index contributed by atoms with van der Waals surface area (Å²) in [6.45, 7) is 2.63. The second kappa shape index (κ2) is 7.23. The first-order valence-corrected chi connectivity index (χ1v) is 9.05. The summed E-state index contributed by atoms with van der Waals surface area (Å²) in [5.74, 6) is 0.482. The highest BCUT2D eigenvalue weighted by Gasteiger charge is 2.37. The van der Waals surface area contributed by atoms with Crippen LogP contribution in [-0.2, 0) is 16.5 Å². The van der Waals surface area contributed by atoms with Crippen molar-refractivity contribution in [1.29, 1.82) is 0 Å². The minimum atomic E-state index is 0.108. The lowest BCUT2D eigenvalue weighted by Gasteiger charge is -2.32. The van der Waals surface area contributed by atoms with Gasteiger partial charge in [0.05, 0.1) is 11.8 Å². The Labute approximate surface area is 148 Å². The highest BCUT2D eigenvalue weighted by molar-refractivity contribution is 5.16. The zero-order valence-electron chi connectivity index (χ0n) is 14.9. The van der Waals surface area contributed by atoms with Crippen LogP contribution in [0.25, 0.3) is 0 Å². The van der Waals surface area contributed by atoms with Crippen molar-refractivity contribution < 1.29 is 9.47 Å². The van der Waals surface area contributed by atoms with Crippen molar-refractivity contribution in [2.24, 2.45) is 13.0 Å². The Bertz CT molecular complexity index is 690. The first-order chi connectivity index (χ1) is 12.2. The molecule has 2 fully saturated rings. The Hall–Kier alpha value is -1.76. The van der Waals surface area contributed by atoms with Gasteiger partial charge < -0.3 is 14.4 Å². The summed E-state index contributed by atoms with van der Waals surface area (Å²) in [6, 6.07) is 6.55. The Kier molecular flexibility index (Phi) is 4.83. The summed E-state index contributed by atoms with van der Waals surface area (Å²) >= 11 is 0. The molecule has 0 aliphatic carbocycles. The number of hydrogen-bond donors (Lipinski definition) is 0. The van der Waals surface area contributed by atoms with E-state index in [2.05, 4.69) is 34.2 Å². The van der Waals surface area contributed by atoms with Crippen molar-refractivity contribution in [3.8, 4) is 0 Å². The molecule has 0 saturated carbocycles. The molecule has 0 aromatic carbocycles. The summed E-state index contributed by atoms with van der Waals surface area (Å²) in [5.41, 5.74) is 2.34. The average Bonchev–Trinajstić information content (AvgIpc) is 3.36. The van der Waals surface area contributed by atoms with Crippen LogP contribution < -0.4 is 0 Å². The van der Waals surface area contributed by atoms with Gasteiger partial charge in [0.25, 0.3) is 0 Å². The van der Waals surface area contributed by atoms with E-state index in [1.165, 1.54) is 11.3 Å². The molecule has 6 heteroatoms. The molecule has 0 N–H and O–H groups in total.